The number of benzene rings is 1. The molecule has 2 aromatic rings. The maximum atomic E-state index is 11.9. The second-order valence-corrected chi connectivity index (χ2v) is 5.01. The van der Waals surface area contributed by atoms with Gasteiger partial charge in [0.2, 0.25) is 0 Å². The van der Waals surface area contributed by atoms with Crippen LogP contribution < -0.4 is 5.32 Å². The van der Waals surface area contributed by atoms with Gasteiger partial charge < -0.3 is 9.73 Å². The molecule has 1 heterocycles. The number of carbonyl (C=O) groups excluding carboxylic acids is 1. The van der Waals surface area contributed by atoms with Crippen LogP contribution >= 0.6 is 11.6 Å². The van der Waals surface area contributed by atoms with Crippen molar-refractivity contribution in [2.45, 2.75) is 26.2 Å². The summed E-state index contributed by atoms with van der Waals surface area (Å²) in [5, 5.41) is 3.46. The summed E-state index contributed by atoms with van der Waals surface area (Å²) in [4.78, 5) is 11.9. The summed E-state index contributed by atoms with van der Waals surface area (Å²) in [5.41, 5.74) is 0.791. The molecule has 3 nitrogen and oxygen atoms in total. The van der Waals surface area contributed by atoms with Crippen LogP contribution in [0.1, 0.15) is 36.7 Å². The van der Waals surface area contributed by atoms with Crippen LogP contribution in [0, 0.1) is 0 Å². The van der Waals surface area contributed by atoms with E-state index in [1.165, 1.54) is 0 Å². The van der Waals surface area contributed by atoms with Crippen LogP contribution in [0.3, 0.4) is 0 Å². The number of unbranched alkanes of at least 4 members (excludes halogenated alkanes) is 2. The molecule has 0 bridgehead atoms. The highest BCUT2D eigenvalue weighted by molar-refractivity contribution is 6.33. The van der Waals surface area contributed by atoms with E-state index in [9.17, 15) is 4.79 Å². The molecule has 1 aromatic carbocycles. The normalized spacial score (nSPS) is 10.5. The molecule has 2 rings (SSSR count). The van der Waals surface area contributed by atoms with Crippen molar-refractivity contribution in [2.75, 3.05) is 6.54 Å². The Morgan fingerprint density at radius 2 is 2.00 bits per heavy atom. The number of rotatable bonds is 6. The van der Waals surface area contributed by atoms with Crippen LogP contribution in [0.4, 0.5) is 0 Å². The van der Waals surface area contributed by atoms with Crippen LogP contribution in [0.5, 0.6) is 0 Å². The standard InChI is InChI=1S/C16H18ClNO2/c1-2-3-6-11-18-16(19)15-10-9-14(20-15)12-7-4-5-8-13(12)17/h4-5,7-10H,2-3,6,11H2,1H3,(H,18,19). The summed E-state index contributed by atoms with van der Waals surface area (Å²) in [6.07, 6.45) is 3.23. The molecule has 0 saturated carbocycles. The molecular weight excluding hydrogens is 274 g/mol. The quantitative estimate of drug-likeness (QED) is 0.795. The molecule has 0 aliphatic carbocycles. The van der Waals surface area contributed by atoms with Crippen LogP contribution in [-0.4, -0.2) is 12.5 Å². The molecule has 1 amide bonds. The smallest absolute Gasteiger partial charge is 0.287 e. The molecule has 0 radical (unpaired) electrons. The Balaban J connectivity index is 2.02. The first-order chi connectivity index (χ1) is 9.72. The topological polar surface area (TPSA) is 42.2 Å². The third-order valence-corrected chi connectivity index (χ3v) is 3.36. The summed E-state index contributed by atoms with van der Waals surface area (Å²) in [6.45, 7) is 2.80. The fraction of sp³-hybridized carbons (Fsp3) is 0.312. The highest BCUT2D eigenvalue weighted by Crippen LogP contribution is 2.28. The molecule has 0 aliphatic heterocycles. The Kier molecular flexibility index (Phi) is 5.24. The van der Waals surface area contributed by atoms with Gasteiger partial charge in [-0.05, 0) is 30.7 Å². The molecule has 0 atom stereocenters. The Hall–Kier alpha value is -1.74. The average Bonchev–Trinajstić information content (AvgIpc) is 2.93. The third kappa shape index (κ3) is 3.64. The van der Waals surface area contributed by atoms with Crippen molar-refractivity contribution in [2.24, 2.45) is 0 Å². The summed E-state index contributed by atoms with van der Waals surface area (Å²) in [7, 11) is 0. The maximum Gasteiger partial charge on any atom is 0.287 e. The molecule has 1 aromatic heterocycles. The van der Waals surface area contributed by atoms with E-state index in [0.717, 1.165) is 24.8 Å². The molecular formula is C16H18ClNO2. The number of furan rings is 1. The molecule has 20 heavy (non-hydrogen) atoms. The van der Waals surface area contributed by atoms with E-state index < -0.39 is 0 Å². The average molecular weight is 292 g/mol. The van der Waals surface area contributed by atoms with Crippen molar-refractivity contribution in [3.05, 3.63) is 47.2 Å². The Morgan fingerprint density at radius 3 is 2.75 bits per heavy atom. The molecule has 0 unspecified atom stereocenters. The van der Waals surface area contributed by atoms with Crippen LogP contribution in [-0.2, 0) is 0 Å². The molecule has 4 heteroatoms. The van der Waals surface area contributed by atoms with Crippen molar-refractivity contribution < 1.29 is 9.21 Å². The number of carbonyl (C=O) groups is 1. The first-order valence-corrected chi connectivity index (χ1v) is 7.23. The van der Waals surface area contributed by atoms with Crippen molar-refractivity contribution in [1.29, 1.82) is 0 Å². The van der Waals surface area contributed by atoms with Crippen molar-refractivity contribution in [1.82, 2.24) is 5.32 Å². The number of hydrogen-bond acceptors (Lipinski definition) is 2. The van der Waals surface area contributed by atoms with Crippen molar-refractivity contribution >= 4 is 17.5 Å². The molecule has 1 N–H and O–H groups in total. The van der Waals surface area contributed by atoms with E-state index in [-0.39, 0.29) is 5.91 Å². The minimum atomic E-state index is -0.181. The number of amides is 1. The molecule has 0 aliphatic rings. The van der Waals surface area contributed by atoms with Crippen molar-refractivity contribution in [3.8, 4) is 11.3 Å². The van der Waals surface area contributed by atoms with Crippen LogP contribution in [0.25, 0.3) is 11.3 Å². The lowest BCUT2D eigenvalue weighted by Crippen LogP contribution is -2.23. The summed E-state index contributed by atoms with van der Waals surface area (Å²) < 4.78 is 5.57. The fourth-order valence-electron chi connectivity index (χ4n) is 1.93. The first kappa shape index (κ1) is 14.7. The highest BCUT2D eigenvalue weighted by atomic mass is 35.5. The minimum Gasteiger partial charge on any atom is -0.451 e. The zero-order chi connectivity index (χ0) is 14.4. The Bertz CT molecular complexity index is 577. The predicted molar refractivity (Wildman–Crippen MR) is 81.0 cm³/mol. The number of halogens is 1. The lowest BCUT2D eigenvalue weighted by molar-refractivity contribution is 0.0926. The third-order valence-electron chi connectivity index (χ3n) is 3.03. The van der Waals surface area contributed by atoms with E-state index in [0.29, 0.717) is 23.1 Å². The van der Waals surface area contributed by atoms with Gasteiger partial charge in [-0.1, -0.05) is 43.5 Å². The molecule has 0 saturated heterocycles. The number of hydrogen-bond donors (Lipinski definition) is 1. The summed E-state index contributed by atoms with van der Waals surface area (Å²) in [5.74, 6) is 0.741. The van der Waals surface area contributed by atoms with E-state index in [4.69, 9.17) is 16.0 Å². The van der Waals surface area contributed by atoms with Gasteiger partial charge in [0, 0.05) is 12.1 Å². The van der Waals surface area contributed by atoms with Gasteiger partial charge in [0.15, 0.2) is 5.76 Å². The monoisotopic (exact) mass is 291 g/mol. The van der Waals surface area contributed by atoms with Gasteiger partial charge in [0.05, 0.1) is 5.02 Å². The second-order valence-electron chi connectivity index (χ2n) is 4.61. The van der Waals surface area contributed by atoms with E-state index >= 15 is 0 Å². The Morgan fingerprint density at radius 1 is 1.20 bits per heavy atom. The predicted octanol–water partition coefficient (Wildman–Crippen LogP) is 4.52. The maximum absolute atomic E-state index is 11.9. The van der Waals surface area contributed by atoms with Crippen LogP contribution in [0.2, 0.25) is 5.02 Å². The molecule has 0 spiro atoms. The minimum absolute atomic E-state index is 0.181. The molecule has 106 valence electrons. The highest BCUT2D eigenvalue weighted by Gasteiger charge is 2.13. The van der Waals surface area contributed by atoms with Gasteiger partial charge in [0.1, 0.15) is 5.76 Å². The van der Waals surface area contributed by atoms with Gasteiger partial charge in [0.25, 0.3) is 5.91 Å². The van der Waals surface area contributed by atoms with Crippen molar-refractivity contribution in [3.63, 3.8) is 0 Å². The van der Waals surface area contributed by atoms with Gasteiger partial charge >= 0.3 is 0 Å². The summed E-state index contributed by atoms with van der Waals surface area (Å²) >= 11 is 6.11. The lowest BCUT2D eigenvalue weighted by Gasteiger charge is -2.02. The van der Waals surface area contributed by atoms with E-state index in [2.05, 4.69) is 12.2 Å². The lowest BCUT2D eigenvalue weighted by atomic mass is 10.2. The Labute approximate surface area is 123 Å². The number of nitrogens with one attached hydrogen (secondary N) is 1. The largest absolute Gasteiger partial charge is 0.451 e. The van der Waals surface area contributed by atoms with E-state index in [1.807, 2.05) is 18.2 Å². The fourth-order valence-corrected chi connectivity index (χ4v) is 2.16. The zero-order valence-electron chi connectivity index (χ0n) is 11.5. The van der Waals surface area contributed by atoms with Gasteiger partial charge in [-0.25, -0.2) is 0 Å². The van der Waals surface area contributed by atoms with Crippen LogP contribution in [0.15, 0.2) is 40.8 Å². The van der Waals surface area contributed by atoms with Gasteiger partial charge in [-0.2, -0.15) is 0 Å². The van der Waals surface area contributed by atoms with E-state index in [1.54, 1.807) is 18.2 Å². The SMILES string of the molecule is CCCCCNC(=O)c1ccc(-c2ccccc2Cl)o1. The molecule has 0 fully saturated rings. The van der Waals surface area contributed by atoms with Gasteiger partial charge in [-0.3, -0.25) is 4.79 Å². The summed E-state index contributed by atoms with van der Waals surface area (Å²) in [6, 6.07) is 10.8. The first-order valence-electron chi connectivity index (χ1n) is 6.85. The second kappa shape index (κ2) is 7.15. The zero-order valence-corrected chi connectivity index (χ0v) is 12.2. The van der Waals surface area contributed by atoms with Gasteiger partial charge in [-0.15, -0.1) is 0 Å².